The average Bonchev–Trinajstić information content (AvgIpc) is 2.73. The van der Waals surface area contributed by atoms with Crippen LogP contribution in [0.4, 0.5) is 17.5 Å². The van der Waals surface area contributed by atoms with Gasteiger partial charge in [-0.1, -0.05) is 0 Å². The molecule has 0 saturated carbocycles. The fourth-order valence-corrected chi connectivity index (χ4v) is 2.54. The van der Waals surface area contributed by atoms with E-state index in [4.69, 9.17) is 9.47 Å². The van der Waals surface area contributed by atoms with Gasteiger partial charge in [-0.3, -0.25) is 4.98 Å². The minimum absolute atomic E-state index is 0.0291. The SMILES string of the molecule is COc1cc(Nc2cc(-c3ccncc3)nc(N[C@H](C)CO)n2)cc(OC)c1. The molecule has 1 atom stereocenters. The Morgan fingerprint density at radius 1 is 1.00 bits per heavy atom. The number of aromatic nitrogens is 3. The summed E-state index contributed by atoms with van der Waals surface area (Å²) in [4.78, 5) is 13.1. The van der Waals surface area contributed by atoms with Gasteiger partial charge in [0, 0.05) is 54.0 Å². The number of aliphatic hydroxyl groups is 1. The molecule has 0 fully saturated rings. The lowest BCUT2D eigenvalue weighted by Gasteiger charge is -2.15. The van der Waals surface area contributed by atoms with Crippen molar-refractivity contribution >= 4 is 17.5 Å². The zero-order chi connectivity index (χ0) is 19.9. The molecule has 1 aromatic carbocycles. The molecular formula is C20H23N5O3. The van der Waals surface area contributed by atoms with Crippen LogP contribution in [-0.4, -0.2) is 46.9 Å². The molecule has 28 heavy (non-hydrogen) atoms. The molecule has 8 heteroatoms. The molecule has 3 aromatic rings. The van der Waals surface area contributed by atoms with E-state index in [2.05, 4.69) is 25.6 Å². The maximum Gasteiger partial charge on any atom is 0.225 e. The first-order chi connectivity index (χ1) is 13.6. The summed E-state index contributed by atoms with van der Waals surface area (Å²) in [7, 11) is 3.20. The van der Waals surface area contributed by atoms with E-state index in [1.54, 1.807) is 32.7 Å². The van der Waals surface area contributed by atoms with Crippen LogP contribution >= 0.6 is 0 Å². The van der Waals surface area contributed by atoms with Crippen LogP contribution in [0.3, 0.4) is 0 Å². The summed E-state index contributed by atoms with van der Waals surface area (Å²) in [6.07, 6.45) is 3.42. The maximum atomic E-state index is 9.33. The average molecular weight is 381 g/mol. The third kappa shape index (κ3) is 4.86. The van der Waals surface area contributed by atoms with E-state index in [0.29, 0.717) is 23.3 Å². The quantitative estimate of drug-likeness (QED) is 0.547. The Kier molecular flexibility index (Phi) is 6.23. The Labute approximate surface area is 163 Å². The highest BCUT2D eigenvalue weighted by molar-refractivity contribution is 5.68. The Bertz CT molecular complexity index is 899. The second-order valence-corrected chi connectivity index (χ2v) is 6.15. The summed E-state index contributed by atoms with van der Waals surface area (Å²) in [6, 6.07) is 10.9. The zero-order valence-corrected chi connectivity index (χ0v) is 16.0. The molecule has 2 aromatic heterocycles. The van der Waals surface area contributed by atoms with E-state index < -0.39 is 0 Å². The standard InChI is InChI=1S/C20H23N5O3/c1-13(12-26)22-20-24-18(14-4-6-21-7-5-14)11-19(25-20)23-15-8-16(27-2)10-17(9-15)28-3/h4-11,13,26H,12H2,1-3H3,(H2,22,23,24,25)/t13-/m1/s1. The van der Waals surface area contributed by atoms with Crippen LogP contribution < -0.4 is 20.1 Å². The molecule has 146 valence electrons. The van der Waals surface area contributed by atoms with Crippen LogP contribution in [0.15, 0.2) is 48.8 Å². The normalized spacial score (nSPS) is 11.6. The van der Waals surface area contributed by atoms with Crippen molar-refractivity contribution in [2.75, 3.05) is 31.5 Å². The van der Waals surface area contributed by atoms with Crippen LogP contribution in [0.2, 0.25) is 0 Å². The topological polar surface area (TPSA) is 101 Å². The third-order valence-electron chi connectivity index (χ3n) is 3.98. The fourth-order valence-electron chi connectivity index (χ4n) is 2.54. The molecule has 0 aliphatic carbocycles. The lowest BCUT2D eigenvalue weighted by atomic mass is 10.2. The summed E-state index contributed by atoms with van der Waals surface area (Å²) in [5, 5.41) is 15.7. The molecule has 3 rings (SSSR count). The molecule has 0 aliphatic rings. The van der Waals surface area contributed by atoms with Crippen molar-refractivity contribution in [2.24, 2.45) is 0 Å². The summed E-state index contributed by atoms with van der Waals surface area (Å²) in [6.45, 7) is 1.82. The van der Waals surface area contributed by atoms with E-state index in [-0.39, 0.29) is 12.6 Å². The predicted molar refractivity (Wildman–Crippen MR) is 108 cm³/mol. The van der Waals surface area contributed by atoms with Gasteiger partial charge in [0.15, 0.2) is 0 Å². The highest BCUT2D eigenvalue weighted by Crippen LogP contribution is 2.29. The molecule has 8 nitrogen and oxygen atoms in total. The number of nitrogens with zero attached hydrogens (tertiary/aromatic N) is 3. The number of anilines is 3. The maximum absolute atomic E-state index is 9.33. The number of pyridine rings is 1. The number of aliphatic hydroxyl groups excluding tert-OH is 1. The summed E-state index contributed by atoms with van der Waals surface area (Å²) in [5.41, 5.74) is 2.39. The van der Waals surface area contributed by atoms with Crippen molar-refractivity contribution < 1.29 is 14.6 Å². The predicted octanol–water partition coefficient (Wildman–Crippen LogP) is 3.09. The first kappa shape index (κ1) is 19.4. The van der Waals surface area contributed by atoms with Gasteiger partial charge in [0.25, 0.3) is 0 Å². The minimum Gasteiger partial charge on any atom is -0.497 e. The number of methoxy groups -OCH3 is 2. The molecule has 0 saturated heterocycles. The largest absolute Gasteiger partial charge is 0.497 e. The van der Waals surface area contributed by atoms with Gasteiger partial charge in [0.2, 0.25) is 5.95 Å². The van der Waals surface area contributed by atoms with Crippen molar-refractivity contribution in [2.45, 2.75) is 13.0 Å². The summed E-state index contributed by atoms with van der Waals surface area (Å²) in [5.74, 6) is 2.33. The van der Waals surface area contributed by atoms with Crippen LogP contribution in [-0.2, 0) is 0 Å². The van der Waals surface area contributed by atoms with Gasteiger partial charge in [-0.15, -0.1) is 0 Å². The molecule has 0 amide bonds. The number of ether oxygens (including phenoxy) is 2. The molecule has 0 bridgehead atoms. The van der Waals surface area contributed by atoms with Crippen LogP contribution in [0.5, 0.6) is 11.5 Å². The number of nitrogens with one attached hydrogen (secondary N) is 2. The Morgan fingerprint density at radius 2 is 1.68 bits per heavy atom. The van der Waals surface area contributed by atoms with Crippen molar-refractivity contribution in [3.05, 3.63) is 48.8 Å². The molecule has 0 aliphatic heterocycles. The van der Waals surface area contributed by atoms with Gasteiger partial charge < -0.3 is 25.2 Å². The number of benzene rings is 1. The van der Waals surface area contributed by atoms with Crippen molar-refractivity contribution in [1.82, 2.24) is 15.0 Å². The van der Waals surface area contributed by atoms with Crippen molar-refractivity contribution in [1.29, 1.82) is 0 Å². The number of hydrogen-bond donors (Lipinski definition) is 3. The van der Waals surface area contributed by atoms with Gasteiger partial charge in [0.1, 0.15) is 17.3 Å². The first-order valence-electron chi connectivity index (χ1n) is 8.78. The molecule has 3 N–H and O–H groups in total. The van der Waals surface area contributed by atoms with Gasteiger partial charge in [-0.25, -0.2) is 4.98 Å². The monoisotopic (exact) mass is 381 g/mol. The van der Waals surface area contributed by atoms with E-state index >= 15 is 0 Å². The van der Waals surface area contributed by atoms with Gasteiger partial charge in [-0.2, -0.15) is 4.98 Å². The van der Waals surface area contributed by atoms with Gasteiger partial charge in [-0.05, 0) is 19.1 Å². The van der Waals surface area contributed by atoms with Crippen LogP contribution in [0.25, 0.3) is 11.3 Å². The van der Waals surface area contributed by atoms with E-state index in [1.807, 2.05) is 37.3 Å². The second-order valence-electron chi connectivity index (χ2n) is 6.15. The Hall–Kier alpha value is -3.39. The molecule has 0 unspecified atom stereocenters. The van der Waals surface area contributed by atoms with Gasteiger partial charge in [0.05, 0.1) is 26.5 Å². The Balaban J connectivity index is 1.98. The molecule has 0 radical (unpaired) electrons. The van der Waals surface area contributed by atoms with E-state index in [1.165, 1.54) is 0 Å². The second kappa shape index (κ2) is 9.01. The van der Waals surface area contributed by atoms with Gasteiger partial charge >= 0.3 is 0 Å². The smallest absolute Gasteiger partial charge is 0.225 e. The van der Waals surface area contributed by atoms with Crippen LogP contribution in [0, 0.1) is 0 Å². The fraction of sp³-hybridized carbons (Fsp3) is 0.250. The zero-order valence-electron chi connectivity index (χ0n) is 16.0. The van der Waals surface area contributed by atoms with E-state index in [0.717, 1.165) is 16.9 Å². The minimum atomic E-state index is -0.183. The van der Waals surface area contributed by atoms with Crippen molar-refractivity contribution in [3.63, 3.8) is 0 Å². The van der Waals surface area contributed by atoms with Crippen LogP contribution in [0.1, 0.15) is 6.92 Å². The lowest BCUT2D eigenvalue weighted by molar-refractivity contribution is 0.281. The van der Waals surface area contributed by atoms with E-state index in [9.17, 15) is 5.11 Å². The summed E-state index contributed by atoms with van der Waals surface area (Å²) < 4.78 is 10.6. The number of hydrogen-bond acceptors (Lipinski definition) is 8. The third-order valence-corrected chi connectivity index (χ3v) is 3.98. The molecular weight excluding hydrogens is 358 g/mol. The number of rotatable bonds is 8. The highest BCUT2D eigenvalue weighted by Gasteiger charge is 2.10. The Morgan fingerprint density at radius 3 is 2.29 bits per heavy atom. The summed E-state index contributed by atoms with van der Waals surface area (Å²) >= 11 is 0. The lowest BCUT2D eigenvalue weighted by Crippen LogP contribution is -2.21. The molecule has 2 heterocycles. The molecule has 0 spiro atoms. The highest BCUT2D eigenvalue weighted by atomic mass is 16.5. The van der Waals surface area contributed by atoms with Crippen molar-refractivity contribution in [3.8, 4) is 22.8 Å². The first-order valence-corrected chi connectivity index (χ1v) is 8.78.